The number of aromatic amines is 1. The molecule has 1 aromatic rings. The van der Waals surface area contributed by atoms with E-state index in [4.69, 9.17) is 5.26 Å². The Kier molecular flexibility index (Phi) is 5.03. The van der Waals surface area contributed by atoms with Crippen molar-refractivity contribution in [1.82, 2.24) is 10.2 Å². The van der Waals surface area contributed by atoms with E-state index in [0.29, 0.717) is 0 Å². The van der Waals surface area contributed by atoms with Crippen molar-refractivity contribution in [2.45, 2.75) is 12.8 Å². The number of nitrogens with zero attached hydrogens (tertiary/aromatic N) is 2. The second kappa shape index (κ2) is 6.55. The van der Waals surface area contributed by atoms with E-state index in [2.05, 4.69) is 20.3 Å². The van der Waals surface area contributed by atoms with E-state index in [0.717, 1.165) is 0 Å². The largest absolute Gasteiger partial charge is 0.375 e. The first-order valence-corrected chi connectivity index (χ1v) is 4.72. The summed E-state index contributed by atoms with van der Waals surface area (Å²) in [5, 5.41) is 17.0. The van der Waals surface area contributed by atoms with Crippen LogP contribution in [0.1, 0.15) is 12.0 Å². The van der Waals surface area contributed by atoms with Gasteiger partial charge < -0.3 is 10.1 Å². The number of nitriles is 1. The average molecular weight is 244 g/mol. The fourth-order valence-electron chi connectivity index (χ4n) is 1.01. The lowest BCUT2D eigenvalue weighted by atomic mass is 10.3. The van der Waals surface area contributed by atoms with Crippen molar-refractivity contribution < 1.29 is 18.3 Å². The van der Waals surface area contributed by atoms with Gasteiger partial charge in [0.05, 0.1) is 19.2 Å². The number of amides is 1. The number of anilines is 1. The van der Waals surface area contributed by atoms with Crippen molar-refractivity contribution in [3.8, 4) is 6.07 Å². The van der Waals surface area contributed by atoms with E-state index in [9.17, 15) is 13.6 Å². The fraction of sp³-hybridized carbons (Fsp3) is 0.444. The van der Waals surface area contributed by atoms with E-state index >= 15 is 0 Å². The molecule has 0 aromatic carbocycles. The SMILES string of the molecule is N#Cc1cn[nH]c1NC(=O)CCOCC(F)F. The summed E-state index contributed by atoms with van der Waals surface area (Å²) >= 11 is 0. The Bertz CT molecular complexity index is 413. The van der Waals surface area contributed by atoms with Crippen LogP contribution in [-0.4, -0.2) is 35.7 Å². The van der Waals surface area contributed by atoms with Gasteiger partial charge in [0.15, 0.2) is 0 Å². The molecule has 0 atom stereocenters. The smallest absolute Gasteiger partial charge is 0.261 e. The van der Waals surface area contributed by atoms with Gasteiger partial charge in [0.25, 0.3) is 6.43 Å². The molecule has 0 saturated carbocycles. The topological polar surface area (TPSA) is 90.8 Å². The summed E-state index contributed by atoms with van der Waals surface area (Å²) in [7, 11) is 0. The zero-order chi connectivity index (χ0) is 12.7. The number of rotatable bonds is 6. The summed E-state index contributed by atoms with van der Waals surface area (Å²) in [5.41, 5.74) is 0.201. The lowest BCUT2D eigenvalue weighted by Gasteiger charge is -2.04. The molecule has 0 aliphatic heterocycles. The van der Waals surface area contributed by atoms with Crippen molar-refractivity contribution in [3.05, 3.63) is 11.8 Å². The lowest BCUT2D eigenvalue weighted by Crippen LogP contribution is -2.16. The second-order valence-corrected chi connectivity index (χ2v) is 3.03. The van der Waals surface area contributed by atoms with Crippen LogP contribution in [0.4, 0.5) is 14.6 Å². The Hall–Kier alpha value is -2.01. The molecular weight excluding hydrogens is 234 g/mol. The third kappa shape index (κ3) is 4.56. The molecule has 0 aliphatic carbocycles. The van der Waals surface area contributed by atoms with Crippen molar-refractivity contribution in [2.75, 3.05) is 18.5 Å². The van der Waals surface area contributed by atoms with Gasteiger partial charge in [0.2, 0.25) is 5.91 Å². The molecule has 92 valence electrons. The predicted molar refractivity (Wildman–Crippen MR) is 53.4 cm³/mol. The molecule has 0 spiro atoms. The molecule has 1 aromatic heterocycles. The van der Waals surface area contributed by atoms with E-state index in [1.54, 1.807) is 0 Å². The molecule has 0 unspecified atom stereocenters. The number of carbonyl (C=O) groups excluding carboxylic acids is 1. The highest BCUT2D eigenvalue weighted by molar-refractivity contribution is 5.90. The summed E-state index contributed by atoms with van der Waals surface area (Å²) in [6.07, 6.45) is -1.35. The number of H-pyrrole nitrogens is 1. The molecule has 2 N–H and O–H groups in total. The zero-order valence-electron chi connectivity index (χ0n) is 8.74. The van der Waals surface area contributed by atoms with Crippen molar-refractivity contribution >= 4 is 11.7 Å². The van der Waals surface area contributed by atoms with E-state index < -0.39 is 18.9 Å². The van der Waals surface area contributed by atoms with Crippen LogP contribution in [0.15, 0.2) is 6.20 Å². The van der Waals surface area contributed by atoms with E-state index in [-0.39, 0.29) is 24.4 Å². The van der Waals surface area contributed by atoms with Gasteiger partial charge in [-0.25, -0.2) is 8.78 Å². The Morgan fingerprint density at radius 1 is 1.71 bits per heavy atom. The maximum absolute atomic E-state index is 11.7. The van der Waals surface area contributed by atoms with Gasteiger partial charge in [-0.15, -0.1) is 0 Å². The summed E-state index contributed by atoms with van der Waals surface area (Å²) in [4.78, 5) is 11.3. The molecule has 1 amide bonds. The number of carbonyl (C=O) groups is 1. The summed E-state index contributed by atoms with van der Waals surface area (Å²) in [6, 6.07) is 1.82. The molecule has 6 nitrogen and oxygen atoms in total. The molecule has 0 aliphatic rings. The minimum Gasteiger partial charge on any atom is -0.375 e. The molecule has 0 bridgehead atoms. The van der Waals surface area contributed by atoms with Crippen molar-refractivity contribution in [3.63, 3.8) is 0 Å². The number of hydrogen-bond donors (Lipinski definition) is 2. The molecule has 1 heterocycles. The minimum absolute atomic E-state index is 0.0728. The van der Waals surface area contributed by atoms with Crippen LogP contribution in [0.3, 0.4) is 0 Å². The quantitative estimate of drug-likeness (QED) is 0.727. The standard InChI is InChI=1S/C9H10F2N4O2/c10-7(11)5-17-2-1-8(16)14-9-6(3-12)4-13-15-9/h4,7H,1-2,5H2,(H2,13,14,15,16). The third-order valence-corrected chi connectivity index (χ3v) is 1.74. The Balaban J connectivity index is 2.28. The highest BCUT2D eigenvalue weighted by atomic mass is 19.3. The highest BCUT2D eigenvalue weighted by Gasteiger charge is 2.09. The van der Waals surface area contributed by atoms with Gasteiger partial charge >= 0.3 is 0 Å². The van der Waals surface area contributed by atoms with Crippen LogP contribution in [0.2, 0.25) is 0 Å². The number of aromatic nitrogens is 2. The van der Waals surface area contributed by atoms with Crippen LogP contribution >= 0.6 is 0 Å². The number of nitrogens with one attached hydrogen (secondary N) is 2. The predicted octanol–water partition coefficient (Wildman–Crippen LogP) is 0.892. The molecule has 17 heavy (non-hydrogen) atoms. The molecule has 8 heteroatoms. The second-order valence-electron chi connectivity index (χ2n) is 3.03. The minimum atomic E-state index is -2.55. The first kappa shape index (κ1) is 13.1. The first-order valence-electron chi connectivity index (χ1n) is 4.72. The number of hydrogen-bond acceptors (Lipinski definition) is 4. The third-order valence-electron chi connectivity index (χ3n) is 1.74. The summed E-state index contributed by atoms with van der Waals surface area (Å²) in [6.45, 7) is -0.799. The normalized spacial score (nSPS) is 10.2. The van der Waals surface area contributed by atoms with Crippen LogP contribution in [0.5, 0.6) is 0 Å². The maximum Gasteiger partial charge on any atom is 0.261 e. The average Bonchev–Trinajstić information content (AvgIpc) is 2.71. The molecule has 1 rings (SSSR count). The van der Waals surface area contributed by atoms with Gasteiger partial charge in [-0.1, -0.05) is 0 Å². The summed E-state index contributed by atoms with van der Waals surface area (Å²) in [5.74, 6) is -0.258. The van der Waals surface area contributed by atoms with Crippen LogP contribution in [-0.2, 0) is 9.53 Å². The lowest BCUT2D eigenvalue weighted by molar-refractivity contribution is -0.117. The zero-order valence-corrected chi connectivity index (χ0v) is 8.74. The van der Waals surface area contributed by atoms with Crippen LogP contribution < -0.4 is 5.32 Å². The van der Waals surface area contributed by atoms with Gasteiger partial charge in [-0.3, -0.25) is 9.89 Å². The van der Waals surface area contributed by atoms with E-state index in [1.165, 1.54) is 6.20 Å². The number of alkyl halides is 2. The van der Waals surface area contributed by atoms with Gasteiger partial charge in [0, 0.05) is 0 Å². The Labute approximate surface area is 95.6 Å². The maximum atomic E-state index is 11.7. The number of halogens is 2. The van der Waals surface area contributed by atoms with Crippen LogP contribution in [0.25, 0.3) is 0 Å². The monoisotopic (exact) mass is 244 g/mol. The fourth-order valence-corrected chi connectivity index (χ4v) is 1.01. The molecule has 0 fully saturated rings. The Morgan fingerprint density at radius 3 is 3.12 bits per heavy atom. The van der Waals surface area contributed by atoms with Crippen LogP contribution in [0, 0.1) is 11.3 Å². The summed E-state index contributed by atoms with van der Waals surface area (Å²) < 4.78 is 27.9. The first-order chi connectivity index (χ1) is 8.13. The highest BCUT2D eigenvalue weighted by Crippen LogP contribution is 2.08. The molecule has 0 radical (unpaired) electrons. The Morgan fingerprint density at radius 2 is 2.47 bits per heavy atom. The van der Waals surface area contributed by atoms with Gasteiger partial charge in [-0.05, 0) is 0 Å². The van der Waals surface area contributed by atoms with Gasteiger partial charge in [-0.2, -0.15) is 10.4 Å². The van der Waals surface area contributed by atoms with Crippen molar-refractivity contribution in [1.29, 1.82) is 5.26 Å². The molecule has 0 saturated heterocycles. The van der Waals surface area contributed by atoms with E-state index in [1.807, 2.05) is 6.07 Å². The van der Waals surface area contributed by atoms with Crippen molar-refractivity contribution in [2.24, 2.45) is 0 Å². The number of ether oxygens (including phenoxy) is 1. The van der Waals surface area contributed by atoms with Gasteiger partial charge in [0.1, 0.15) is 24.1 Å². The molecular formula is C9H10F2N4O2.